The second-order valence-electron chi connectivity index (χ2n) is 3.70. The van der Waals surface area contributed by atoms with Crippen LogP contribution in [0.15, 0.2) is 35.3 Å². The van der Waals surface area contributed by atoms with Crippen LogP contribution in [0.5, 0.6) is 0 Å². The molecule has 92 valence electrons. The van der Waals surface area contributed by atoms with Crippen molar-refractivity contribution in [3.63, 3.8) is 0 Å². The zero-order valence-electron chi connectivity index (χ0n) is 9.53. The summed E-state index contributed by atoms with van der Waals surface area (Å²) in [5.74, 6) is -0.224. The van der Waals surface area contributed by atoms with Gasteiger partial charge in [-0.2, -0.15) is 0 Å². The number of aromatic nitrogens is 2. The van der Waals surface area contributed by atoms with Crippen molar-refractivity contribution >= 4 is 23.3 Å². The van der Waals surface area contributed by atoms with Crippen LogP contribution >= 0.6 is 11.6 Å². The van der Waals surface area contributed by atoms with Crippen molar-refractivity contribution in [2.75, 3.05) is 5.32 Å². The zero-order valence-corrected chi connectivity index (χ0v) is 10.3. The molecule has 0 unspecified atom stereocenters. The minimum atomic E-state index is -0.522. The molecule has 0 aliphatic heterocycles. The lowest BCUT2D eigenvalue weighted by molar-refractivity contribution is 0.102. The van der Waals surface area contributed by atoms with E-state index >= 15 is 0 Å². The fourth-order valence-electron chi connectivity index (χ4n) is 1.41. The number of halogens is 1. The predicted octanol–water partition coefficient (Wildman–Crippen LogP) is 1.98. The third kappa shape index (κ3) is 2.75. The molecule has 0 aliphatic carbocycles. The van der Waals surface area contributed by atoms with Crippen LogP contribution in [-0.2, 0) is 0 Å². The Labute approximate surface area is 108 Å². The Hall–Kier alpha value is -2.14. The fourth-order valence-corrected chi connectivity index (χ4v) is 1.57. The summed E-state index contributed by atoms with van der Waals surface area (Å²) in [6.07, 6.45) is 1.47. The topological polar surface area (TPSA) is 74.8 Å². The lowest BCUT2D eigenvalue weighted by Gasteiger charge is -2.04. The second kappa shape index (κ2) is 5.01. The van der Waals surface area contributed by atoms with Crippen LogP contribution in [0.2, 0.25) is 5.02 Å². The van der Waals surface area contributed by atoms with Crippen molar-refractivity contribution in [1.82, 2.24) is 9.97 Å². The number of hydrogen-bond acceptors (Lipinski definition) is 3. The summed E-state index contributed by atoms with van der Waals surface area (Å²) < 4.78 is 0. The van der Waals surface area contributed by atoms with E-state index in [4.69, 9.17) is 11.6 Å². The number of aromatic amines is 1. The molecule has 5 nitrogen and oxygen atoms in total. The monoisotopic (exact) mass is 263 g/mol. The molecule has 6 heteroatoms. The summed E-state index contributed by atoms with van der Waals surface area (Å²) in [6, 6.07) is 6.22. The molecule has 0 atom stereocenters. The highest BCUT2D eigenvalue weighted by Gasteiger charge is 2.11. The van der Waals surface area contributed by atoms with Gasteiger partial charge in [0.2, 0.25) is 0 Å². The standard InChI is InChI=1S/C12H10ClN3O2/c1-7-2-3-9(11(17)15-7)12(18)16-10-6-8(13)4-5-14-10/h2-6H,1H3,(H,15,17)(H,14,16,18). The first kappa shape index (κ1) is 12.3. The summed E-state index contributed by atoms with van der Waals surface area (Å²) in [5, 5.41) is 2.96. The third-order valence-electron chi connectivity index (χ3n) is 2.26. The molecular weight excluding hydrogens is 254 g/mol. The molecule has 2 aromatic heterocycles. The number of rotatable bonds is 2. The van der Waals surface area contributed by atoms with E-state index in [1.165, 1.54) is 18.3 Å². The molecule has 0 aromatic carbocycles. The van der Waals surface area contributed by atoms with Gasteiger partial charge in [-0.3, -0.25) is 9.59 Å². The van der Waals surface area contributed by atoms with Gasteiger partial charge in [-0.25, -0.2) is 4.98 Å². The van der Waals surface area contributed by atoms with Crippen molar-refractivity contribution in [2.24, 2.45) is 0 Å². The third-order valence-corrected chi connectivity index (χ3v) is 2.50. The van der Waals surface area contributed by atoms with Crippen LogP contribution in [0.25, 0.3) is 0 Å². The molecule has 0 saturated heterocycles. The molecule has 0 fully saturated rings. The molecule has 18 heavy (non-hydrogen) atoms. The van der Waals surface area contributed by atoms with Gasteiger partial charge in [0, 0.05) is 16.9 Å². The smallest absolute Gasteiger partial charge is 0.262 e. The summed E-state index contributed by atoms with van der Waals surface area (Å²) >= 11 is 5.77. The molecular formula is C12H10ClN3O2. The van der Waals surface area contributed by atoms with Crippen LogP contribution in [-0.4, -0.2) is 15.9 Å². The molecule has 0 radical (unpaired) electrons. The summed E-state index contributed by atoms with van der Waals surface area (Å²) in [5.41, 5.74) is 0.286. The Morgan fingerprint density at radius 1 is 1.39 bits per heavy atom. The van der Waals surface area contributed by atoms with Gasteiger partial charge in [-0.05, 0) is 31.2 Å². The molecule has 2 heterocycles. The minimum Gasteiger partial charge on any atom is -0.326 e. The van der Waals surface area contributed by atoms with Gasteiger partial charge in [-0.1, -0.05) is 11.6 Å². The maximum Gasteiger partial charge on any atom is 0.262 e. The van der Waals surface area contributed by atoms with Crippen molar-refractivity contribution in [2.45, 2.75) is 6.92 Å². The highest BCUT2D eigenvalue weighted by Crippen LogP contribution is 2.12. The van der Waals surface area contributed by atoms with Gasteiger partial charge in [0.25, 0.3) is 11.5 Å². The van der Waals surface area contributed by atoms with Gasteiger partial charge in [0.1, 0.15) is 11.4 Å². The van der Waals surface area contributed by atoms with Crippen molar-refractivity contribution < 1.29 is 4.79 Å². The molecule has 2 aromatic rings. The lowest BCUT2D eigenvalue weighted by Crippen LogP contribution is -2.23. The van der Waals surface area contributed by atoms with Crippen molar-refractivity contribution in [3.8, 4) is 0 Å². The summed E-state index contributed by atoms with van der Waals surface area (Å²) in [4.78, 5) is 29.9. The van der Waals surface area contributed by atoms with Gasteiger partial charge >= 0.3 is 0 Å². The largest absolute Gasteiger partial charge is 0.326 e. The van der Waals surface area contributed by atoms with Gasteiger partial charge in [-0.15, -0.1) is 0 Å². The minimum absolute atomic E-state index is 0.0300. The maximum atomic E-state index is 11.8. The molecule has 0 bridgehead atoms. The lowest BCUT2D eigenvalue weighted by atomic mass is 10.2. The van der Waals surface area contributed by atoms with Crippen molar-refractivity contribution in [1.29, 1.82) is 0 Å². The van der Waals surface area contributed by atoms with E-state index in [0.29, 0.717) is 16.5 Å². The molecule has 0 spiro atoms. The average molecular weight is 264 g/mol. The van der Waals surface area contributed by atoms with Crippen molar-refractivity contribution in [3.05, 3.63) is 57.1 Å². The molecule has 1 amide bonds. The molecule has 2 N–H and O–H groups in total. The summed E-state index contributed by atoms with van der Waals surface area (Å²) in [6.45, 7) is 1.74. The maximum absolute atomic E-state index is 11.8. The van der Waals surface area contributed by atoms with Gasteiger partial charge in [0.05, 0.1) is 0 Å². The number of hydrogen-bond donors (Lipinski definition) is 2. The number of pyridine rings is 2. The van der Waals surface area contributed by atoms with E-state index in [0.717, 1.165) is 0 Å². The van der Waals surface area contributed by atoms with E-state index in [2.05, 4.69) is 15.3 Å². The van der Waals surface area contributed by atoms with Crippen LogP contribution in [0, 0.1) is 6.92 Å². The Kier molecular flexibility index (Phi) is 3.43. The molecule has 0 aliphatic rings. The highest BCUT2D eigenvalue weighted by molar-refractivity contribution is 6.30. The Balaban J connectivity index is 2.25. The highest BCUT2D eigenvalue weighted by atomic mass is 35.5. The Morgan fingerprint density at radius 2 is 2.17 bits per heavy atom. The van der Waals surface area contributed by atoms with E-state index < -0.39 is 11.5 Å². The van der Waals surface area contributed by atoms with Crippen LogP contribution < -0.4 is 10.9 Å². The number of carbonyl (C=O) groups is 1. The number of H-pyrrole nitrogens is 1. The number of nitrogens with one attached hydrogen (secondary N) is 2. The van der Waals surface area contributed by atoms with Crippen LogP contribution in [0.4, 0.5) is 5.82 Å². The second-order valence-corrected chi connectivity index (χ2v) is 4.13. The van der Waals surface area contributed by atoms with Gasteiger partial charge in [0.15, 0.2) is 0 Å². The Bertz CT molecular complexity index is 652. The average Bonchev–Trinajstić information content (AvgIpc) is 2.28. The van der Waals surface area contributed by atoms with Gasteiger partial charge < -0.3 is 10.3 Å². The fraction of sp³-hybridized carbons (Fsp3) is 0.0833. The zero-order chi connectivity index (χ0) is 13.1. The molecule has 0 saturated carbocycles. The summed E-state index contributed by atoms with van der Waals surface area (Å²) in [7, 11) is 0. The first-order chi connectivity index (χ1) is 8.56. The van der Waals surface area contributed by atoms with E-state index in [9.17, 15) is 9.59 Å². The molecule has 2 rings (SSSR count). The SMILES string of the molecule is Cc1ccc(C(=O)Nc2cc(Cl)ccn2)c(=O)[nH]1. The number of aryl methyl sites for hydroxylation is 1. The van der Waals surface area contributed by atoms with Crippen LogP contribution in [0.1, 0.15) is 16.1 Å². The quantitative estimate of drug-likeness (QED) is 0.870. The first-order valence-electron chi connectivity index (χ1n) is 5.19. The number of carbonyl (C=O) groups excluding carboxylic acids is 1. The predicted molar refractivity (Wildman–Crippen MR) is 69.0 cm³/mol. The first-order valence-corrected chi connectivity index (χ1v) is 5.57. The number of amides is 1. The van der Waals surface area contributed by atoms with Crippen LogP contribution in [0.3, 0.4) is 0 Å². The number of anilines is 1. The van der Waals surface area contributed by atoms with E-state index in [1.807, 2.05) is 0 Å². The normalized spacial score (nSPS) is 10.1. The Morgan fingerprint density at radius 3 is 2.83 bits per heavy atom. The van der Waals surface area contributed by atoms with E-state index in [-0.39, 0.29) is 5.56 Å². The number of nitrogens with zero attached hydrogens (tertiary/aromatic N) is 1. The van der Waals surface area contributed by atoms with E-state index in [1.54, 1.807) is 19.1 Å².